The second kappa shape index (κ2) is 8.11. The van der Waals surface area contributed by atoms with E-state index in [1.165, 1.54) is 50.0 Å². The van der Waals surface area contributed by atoms with Gasteiger partial charge in [0.2, 0.25) is 0 Å². The SMILES string of the molecule is CCCCC1CCC(C(Cc2nc(C)cs2)NN)CC1. The third kappa shape index (κ3) is 4.54. The normalized spacial score (nSPS) is 24.8. The molecule has 1 saturated carbocycles. The highest BCUT2D eigenvalue weighted by Gasteiger charge is 2.27. The first kappa shape index (κ1) is 15.9. The summed E-state index contributed by atoms with van der Waals surface area (Å²) in [4.78, 5) is 4.57. The van der Waals surface area contributed by atoms with E-state index in [4.69, 9.17) is 5.84 Å². The molecular weight excluding hydrogens is 266 g/mol. The molecule has 0 spiro atoms. The summed E-state index contributed by atoms with van der Waals surface area (Å²) in [6, 6.07) is 0.396. The van der Waals surface area contributed by atoms with Gasteiger partial charge in [-0.1, -0.05) is 39.0 Å². The fourth-order valence-electron chi connectivity index (χ4n) is 3.42. The molecule has 0 radical (unpaired) electrons. The highest BCUT2D eigenvalue weighted by Crippen LogP contribution is 2.34. The van der Waals surface area contributed by atoms with Crippen LogP contribution in [-0.2, 0) is 6.42 Å². The zero-order valence-electron chi connectivity index (χ0n) is 12.9. The first-order chi connectivity index (χ1) is 9.72. The van der Waals surface area contributed by atoms with E-state index in [1.54, 1.807) is 11.3 Å². The lowest BCUT2D eigenvalue weighted by molar-refractivity contribution is 0.211. The van der Waals surface area contributed by atoms with Gasteiger partial charge in [-0.2, -0.15) is 0 Å². The number of hydrazine groups is 1. The number of unbranched alkanes of at least 4 members (excludes halogenated alkanes) is 1. The number of nitrogens with zero attached hydrogens (tertiary/aromatic N) is 1. The number of hydrogen-bond acceptors (Lipinski definition) is 4. The van der Waals surface area contributed by atoms with Gasteiger partial charge in [-0.25, -0.2) is 4.98 Å². The Labute approximate surface area is 127 Å². The summed E-state index contributed by atoms with van der Waals surface area (Å²) in [5.41, 5.74) is 4.18. The van der Waals surface area contributed by atoms with E-state index in [-0.39, 0.29) is 0 Å². The Morgan fingerprint density at radius 3 is 2.70 bits per heavy atom. The van der Waals surface area contributed by atoms with Gasteiger partial charge in [-0.05, 0) is 31.6 Å². The number of nitrogens with two attached hydrogens (primary N) is 1. The topological polar surface area (TPSA) is 50.9 Å². The fraction of sp³-hybridized carbons (Fsp3) is 0.812. The van der Waals surface area contributed by atoms with Crippen molar-refractivity contribution in [3.63, 3.8) is 0 Å². The summed E-state index contributed by atoms with van der Waals surface area (Å²) in [5.74, 6) is 7.49. The van der Waals surface area contributed by atoms with Crippen LogP contribution in [0.5, 0.6) is 0 Å². The molecule has 0 aromatic carbocycles. The van der Waals surface area contributed by atoms with Crippen LogP contribution in [0, 0.1) is 18.8 Å². The van der Waals surface area contributed by atoms with E-state index in [0.29, 0.717) is 6.04 Å². The number of thiazole rings is 1. The Kier molecular flexibility index (Phi) is 6.46. The maximum absolute atomic E-state index is 5.80. The van der Waals surface area contributed by atoms with Crippen LogP contribution in [0.3, 0.4) is 0 Å². The number of hydrogen-bond donors (Lipinski definition) is 2. The van der Waals surface area contributed by atoms with Crippen LogP contribution in [0.15, 0.2) is 5.38 Å². The molecule has 0 saturated heterocycles. The quantitative estimate of drug-likeness (QED) is 0.594. The summed E-state index contributed by atoms with van der Waals surface area (Å²) in [5, 5.41) is 3.35. The molecule has 4 heteroatoms. The van der Waals surface area contributed by atoms with Crippen molar-refractivity contribution >= 4 is 11.3 Å². The lowest BCUT2D eigenvalue weighted by atomic mass is 9.76. The molecule has 0 bridgehead atoms. The van der Waals surface area contributed by atoms with Gasteiger partial charge < -0.3 is 0 Å². The second-order valence-corrected chi connectivity index (χ2v) is 7.23. The van der Waals surface area contributed by atoms with Crippen LogP contribution in [0.25, 0.3) is 0 Å². The molecule has 1 heterocycles. The molecule has 1 atom stereocenters. The third-order valence-corrected chi connectivity index (χ3v) is 5.69. The van der Waals surface area contributed by atoms with E-state index < -0.39 is 0 Å². The van der Waals surface area contributed by atoms with Crippen molar-refractivity contribution in [3.05, 3.63) is 16.1 Å². The summed E-state index contributed by atoms with van der Waals surface area (Å²) in [7, 11) is 0. The monoisotopic (exact) mass is 295 g/mol. The molecule has 1 aliphatic rings. The van der Waals surface area contributed by atoms with Crippen molar-refractivity contribution in [2.24, 2.45) is 17.7 Å². The summed E-state index contributed by atoms with van der Waals surface area (Å²) in [6.45, 7) is 4.35. The first-order valence-corrected chi connectivity index (χ1v) is 8.98. The molecule has 3 N–H and O–H groups in total. The minimum absolute atomic E-state index is 0.396. The number of aryl methyl sites for hydroxylation is 1. The average Bonchev–Trinajstić information content (AvgIpc) is 2.88. The molecule has 2 rings (SSSR count). The Balaban J connectivity index is 1.81. The molecule has 1 fully saturated rings. The molecular formula is C16H29N3S. The maximum Gasteiger partial charge on any atom is 0.0944 e. The van der Waals surface area contributed by atoms with Crippen LogP contribution in [0.1, 0.15) is 62.6 Å². The van der Waals surface area contributed by atoms with Crippen molar-refractivity contribution in [3.8, 4) is 0 Å². The molecule has 1 aliphatic carbocycles. The van der Waals surface area contributed by atoms with Crippen molar-refractivity contribution in [2.45, 2.75) is 71.3 Å². The highest BCUT2D eigenvalue weighted by molar-refractivity contribution is 7.09. The van der Waals surface area contributed by atoms with Crippen LogP contribution < -0.4 is 11.3 Å². The minimum Gasteiger partial charge on any atom is -0.271 e. The lowest BCUT2D eigenvalue weighted by Gasteiger charge is -2.33. The van der Waals surface area contributed by atoms with E-state index in [2.05, 4.69) is 29.6 Å². The Hall–Kier alpha value is -0.450. The summed E-state index contributed by atoms with van der Waals surface area (Å²) >= 11 is 1.76. The van der Waals surface area contributed by atoms with Crippen LogP contribution in [0.4, 0.5) is 0 Å². The van der Waals surface area contributed by atoms with E-state index in [9.17, 15) is 0 Å². The van der Waals surface area contributed by atoms with Crippen molar-refractivity contribution in [1.29, 1.82) is 0 Å². The first-order valence-electron chi connectivity index (χ1n) is 8.10. The number of nitrogens with one attached hydrogen (secondary N) is 1. The number of aromatic nitrogens is 1. The van der Waals surface area contributed by atoms with Crippen molar-refractivity contribution in [2.75, 3.05) is 0 Å². The van der Waals surface area contributed by atoms with Crippen molar-refractivity contribution in [1.82, 2.24) is 10.4 Å². The standard InChI is InChI=1S/C16H29N3S/c1-3-4-5-13-6-8-14(9-7-13)15(19-17)10-16-18-12(2)11-20-16/h11,13-15,19H,3-10,17H2,1-2H3. The largest absolute Gasteiger partial charge is 0.271 e. The smallest absolute Gasteiger partial charge is 0.0944 e. The van der Waals surface area contributed by atoms with Gasteiger partial charge in [0.15, 0.2) is 0 Å². The van der Waals surface area contributed by atoms with Gasteiger partial charge in [-0.3, -0.25) is 11.3 Å². The molecule has 1 aromatic rings. The Bertz CT molecular complexity index is 383. The Morgan fingerprint density at radius 1 is 1.40 bits per heavy atom. The minimum atomic E-state index is 0.396. The average molecular weight is 295 g/mol. The van der Waals surface area contributed by atoms with Crippen LogP contribution in [0.2, 0.25) is 0 Å². The fourth-order valence-corrected chi connectivity index (χ4v) is 4.25. The van der Waals surface area contributed by atoms with Gasteiger partial charge in [0.05, 0.1) is 5.01 Å². The second-order valence-electron chi connectivity index (χ2n) is 6.28. The van der Waals surface area contributed by atoms with Crippen molar-refractivity contribution < 1.29 is 0 Å². The molecule has 1 aromatic heterocycles. The van der Waals surface area contributed by atoms with E-state index in [0.717, 1.165) is 24.0 Å². The summed E-state index contributed by atoms with van der Waals surface area (Å²) in [6.07, 6.45) is 10.6. The highest BCUT2D eigenvalue weighted by atomic mass is 32.1. The Morgan fingerprint density at radius 2 is 2.15 bits per heavy atom. The predicted molar refractivity (Wildman–Crippen MR) is 86.6 cm³/mol. The van der Waals surface area contributed by atoms with E-state index in [1.807, 2.05) is 0 Å². The van der Waals surface area contributed by atoms with Gasteiger partial charge in [-0.15, -0.1) is 11.3 Å². The molecule has 3 nitrogen and oxygen atoms in total. The maximum atomic E-state index is 5.80. The van der Waals surface area contributed by atoms with Gasteiger partial charge in [0.1, 0.15) is 0 Å². The number of rotatable bonds is 7. The third-order valence-electron chi connectivity index (χ3n) is 4.70. The lowest BCUT2D eigenvalue weighted by Crippen LogP contribution is -2.43. The van der Waals surface area contributed by atoms with E-state index >= 15 is 0 Å². The predicted octanol–water partition coefficient (Wildman–Crippen LogP) is 3.82. The molecule has 1 unspecified atom stereocenters. The zero-order chi connectivity index (χ0) is 14.4. The molecule has 20 heavy (non-hydrogen) atoms. The zero-order valence-corrected chi connectivity index (χ0v) is 13.7. The molecule has 0 amide bonds. The molecule has 0 aliphatic heterocycles. The molecule has 114 valence electrons. The van der Waals surface area contributed by atoms with Gasteiger partial charge in [0.25, 0.3) is 0 Å². The summed E-state index contributed by atoms with van der Waals surface area (Å²) < 4.78 is 0. The van der Waals surface area contributed by atoms with Crippen LogP contribution >= 0.6 is 11.3 Å². The van der Waals surface area contributed by atoms with Gasteiger partial charge in [0, 0.05) is 23.5 Å². The van der Waals surface area contributed by atoms with Crippen LogP contribution in [-0.4, -0.2) is 11.0 Å². The van der Waals surface area contributed by atoms with Gasteiger partial charge >= 0.3 is 0 Å².